The van der Waals surface area contributed by atoms with Crippen LogP contribution in [-0.4, -0.2) is 29.4 Å². The fourth-order valence-corrected chi connectivity index (χ4v) is 2.78. The topological polar surface area (TPSA) is 46.6 Å². The molecule has 1 heterocycles. The number of rotatable bonds is 5. The SMILES string of the molecule is CN(Cc1csc(Br)c1)C(=O)CCC(=O)OC(C)(C)C. The maximum atomic E-state index is 11.9. The molecule has 0 aliphatic carbocycles. The summed E-state index contributed by atoms with van der Waals surface area (Å²) in [6.45, 7) is 5.99. The Morgan fingerprint density at radius 1 is 1.35 bits per heavy atom. The Kier molecular flexibility index (Phi) is 6.20. The first-order chi connectivity index (χ1) is 9.17. The molecule has 0 aromatic carbocycles. The largest absolute Gasteiger partial charge is 0.460 e. The molecule has 0 bridgehead atoms. The van der Waals surface area contributed by atoms with Crippen molar-refractivity contribution in [2.75, 3.05) is 7.05 Å². The molecule has 1 aromatic heterocycles. The zero-order chi connectivity index (χ0) is 15.3. The van der Waals surface area contributed by atoms with Gasteiger partial charge in [-0.1, -0.05) is 0 Å². The zero-order valence-electron chi connectivity index (χ0n) is 12.2. The number of esters is 1. The summed E-state index contributed by atoms with van der Waals surface area (Å²) in [5, 5.41) is 2.00. The van der Waals surface area contributed by atoms with Crippen LogP contribution < -0.4 is 0 Å². The van der Waals surface area contributed by atoms with Gasteiger partial charge in [-0.2, -0.15) is 0 Å². The molecule has 0 atom stereocenters. The Morgan fingerprint density at radius 3 is 2.50 bits per heavy atom. The summed E-state index contributed by atoms with van der Waals surface area (Å²) < 4.78 is 6.22. The first-order valence-corrected chi connectivity index (χ1v) is 8.03. The molecule has 4 nitrogen and oxygen atoms in total. The molecule has 0 spiro atoms. The van der Waals surface area contributed by atoms with Gasteiger partial charge in [-0.25, -0.2) is 0 Å². The maximum Gasteiger partial charge on any atom is 0.306 e. The Bertz CT molecular complexity index is 479. The normalized spacial score (nSPS) is 11.2. The predicted octanol–water partition coefficient (Wildman–Crippen LogP) is 3.59. The number of nitrogens with zero attached hydrogens (tertiary/aromatic N) is 1. The average molecular weight is 362 g/mol. The summed E-state index contributed by atoms with van der Waals surface area (Å²) >= 11 is 4.98. The van der Waals surface area contributed by atoms with Crippen molar-refractivity contribution in [3.8, 4) is 0 Å². The van der Waals surface area contributed by atoms with Crippen molar-refractivity contribution in [2.45, 2.75) is 45.8 Å². The smallest absolute Gasteiger partial charge is 0.306 e. The van der Waals surface area contributed by atoms with E-state index in [0.717, 1.165) is 9.35 Å². The lowest BCUT2D eigenvalue weighted by Crippen LogP contribution is -2.28. The molecular formula is C14H20BrNO3S. The standard InChI is InChI=1S/C14H20BrNO3S/c1-14(2,3)19-13(18)6-5-12(17)16(4)8-10-7-11(15)20-9-10/h7,9H,5-6,8H2,1-4H3. The fourth-order valence-electron chi connectivity index (χ4n) is 1.58. The van der Waals surface area contributed by atoms with Crippen LogP contribution in [0.3, 0.4) is 0 Å². The van der Waals surface area contributed by atoms with Gasteiger partial charge in [0.15, 0.2) is 0 Å². The van der Waals surface area contributed by atoms with E-state index >= 15 is 0 Å². The molecule has 0 unspecified atom stereocenters. The molecule has 1 amide bonds. The van der Waals surface area contributed by atoms with Crippen LogP contribution in [0.2, 0.25) is 0 Å². The van der Waals surface area contributed by atoms with E-state index in [4.69, 9.17) is 4.74 Å². The van der Waals surface area contributed by atoms with Gasteiger partial charge in [0.2, 0.25) is 5.91 Å². The van der Waals surface area contributed by atoms with Crippen LogP contribution >= 0.6 is 27.3 Å². The van der Waals surface area contributed by atoms with Gasteiger partial charge in [0.1, 0.15) is 5.60 Å². The van der Waals surface area contributed by atoms with Crippen molar-refractivity contribution < 1.29 is 14.3 Å². The molecule has 0 saturated carbocycles. The lowest BCUT2D eigenvalue weighted by atomic mass is 10.2. The number of thiophene rings is 1. The molecule has 0 radical (unpaired) electrons. The van der Waals surface area contributed by atoms with Crippen molar-refractivity contribution >= 4 is 39.1 Å². The first kappa shape index (κ1) is 17.2. The van der Waals surface area contributed by atoms with E-state index < -0.39 is 5.60 Å². The lowest BCUT2D eigenvalue weighted by Gasteiger charge is -2.20. The Labute approximate surface area is 132 Å². The van der Waals surface area contributed by atoms with Gasteiger partial charge in [0.25, 0.3) is 0 Å². The van der Waals surface area contributed by atoms with Crippen LogP contribution in [0.4, 0.5) is 0 Å². The molecule has 1 aromatic rings. The van der Waals surface area contributed by atoms with Crippen LogP contribution in [0.15, 0.2) is 15.2 Å². The second kappa shape index (κ2) is 7.22. The van der Waals surface area contributed by atoms with E-state index in [2.05, 4.69) is 15.9 Å². The van der Waals surface area contributed by atoms with E-state index in [1.807, 2.05) is 32.2 Å². The summed E-state index contributed by atoms with van der Waals surface area (Å²) in [6, 6.07) is 1.99. The second-order valence-corrected chi connectivity index (χ2v) is 7.89. The number of halogens is 1. The van der Waals surface area contributed by atoms with Crippen LogP contribution in [0, 0.1) is 0 Å². The van der Waals surface area contributed by atoms with Crippen molar-refractivity contribution in [1.82, 2.24) is 4.90 Å². The predicted molar refractivity (Wildman–Crippen MR) is 83.6 cm³/mol. The Hall–Kier alpha value is -0.880. The van der Waals surface area contributed by atoms with Gasteiger partial charge in [0, 0.05) is 20.0 Å². The van der Waals surface area contributed by atoms with Crippen LogP contribution in [0.5, 0.6) is 0 Å². The van der Waals surface area contributed by atoms with E-state index in [0.29, 0.717) is 6.54 Å². The van der Waals surface area contributed by atoms with Crippen molar-refractivity contribution in [1.29, 1.82) is 0 Å². The minimum absolute atomic E-state index is 0.0572. The lowest BCUT2D eigenvalue weighted by molar-refractivity contribution is -0.156. The van der Waals surface area contributed by atoms with Crippen molar-refractivity contribution in [3.63, 3.8) is 0 Å². The summed E-state index contributed by atoms with van der Waals surface area (Å²) in [6.07, 6.45) is 0.296. The molecule has 0 aliphatic heterocycles. The monoisotopic (exact) mass is 361 g/mol. The minimum atomic E-state index is -0.505. The van der Waals surface area contributed by atoms with Gasteiger partial charge in [-0.15, -0.1) is 11.3 Å². The van der Waals surface area contributed by atoms with E-state index in [1.54, 1.807) is 23.3 Å². The van der Waals surface area contributed by atoms with Gasteiger partial charge >= 0.3 is 5.97 Å². The maximum absolute atomic E-state index is 11.9. The molecule has 0 fully saturated rings. The van der Waals surface area contributed by atoms with Crippen LogP contribution in [0.1, 0.15) is 39.2 Å². The highest BCUT2D eigenvalue weighted by Gasteiger charge is 2.18. The highest BCUT2D eigenvalue weighted by Crippen LogP contribution is 2.21. The summed E-state index contributed by atoms with van der Waals surface area (Å²) in [7, 11) is 1.74. The van der Waals surface area contributed by atoms with Crippen molar-refractivity contribution in [2.24, 2.45) is 0 Å². The average Bonchev–Trinajstić information content (AvgIpc) is 2.69. The first-order valence-electron chi connectivity index (χ1n) is 6.36. The molecule has 20 heavy (non-hydrogen) atoms. The molecule has 0 N–H and O–H groups in total. The summed E-state index contributed by atoms with van der Waals surface area (Å²) in [4.78, 5) is 25.1. The second-order valence-electron chi connectivity index (χ2n) is 5.60. The third kappa shape index (κ3) is 6.52. The molecule has 6 heteroatoms. The zero-order valence-corrected chi connectivity index (χ0v) is 14.6. The summed E-state index contributed by atoms with van der Waals surface area (Å²) in [5.74, 6) is -0.393. The number of hydrogen-bond donors (Lipinski definition) is 0. The summed E-state index contributed by atoms with van der Waals surface area (Å²) in [5.41, 5.74) is 0.574. The van der Waals surface area contributed by atoms with E-state index in [9.17, 15) is 9.59 Å². The third-order valence-electron chi connectivity index (χ3n) is 2.43. The van der Waals surface area contributed by atoms with Gasteiger partial charge in [-0.05, 0) is 53.7 Å². The molecule has 1 rings (SSSR count). The number of carbonyl (C=O) groups excluding carboxylic acids is 2. The molecule has 0 aliphatic rings. The Morgan fingerprint density at radius 2 is 2.00 bits per heavy atom. The number of carbonyl (C=O) groups is 2. The highest BCUT2D eigenvalue weighted by atomic mass is 79.9. The number of ether oxygens (including phenoxy) is 1. The number of amides is 1. The fraction of sp³-hybridized carbons (Fsp3) is 0.571. The molecule has 112 valence electrons. The van der Waals surface area contributed by atoms with E-state index in [1.165, 1.54) is 0 Å². The van der Waals surface area contributed by atoms with Crippen LogP contribution in [-0.2, 0) is 20.9 Å². The van der Waals surface area contributed by atoms with Gasteiger partial charge < -0.3 is 9.64 Å². The van der Waals surface area contributed by atoms with Gasteiger partial charge in [0.05, 0.1) is 10.2 Å². The molecular weight excluding hydrogens is 342 g/mol. The minimum Gasteiger partial charge on any atom is -0.460 e. The Balaban J connectivity index is 2.37. The third-order valence-corrected chi connectivity index (χ3v) is 3.98. The highest BCUT2D eigenvalue weighted by molar-refractivity contribution is 9.11. The van der Waals surface area contributed by atoms with E-state index in [-0.39, 0.29) is 24.7 Å². The number of hydrogen-bond acceptors (Lipinski definition) is 4. The van der Waals surface area contributed by atoms with Crippen LogP contribution in [0.25, 0.3) is 0 Å². The quantitative estimate of drug-likeness (QED) is 0.752. The van der Waals surface area contributed by atoms with Crippen molar-refractivity contribution in [3.05, 3.63) is 20.8 Å². The molecule has 0 saturated heterocycles. The van der Waals surface area contributed by atoms with Gasteiger partial charge in [-0.3, -0.25) is 9.59 Å².